The number of amides is 1. The molecule has 0 aliphatic heterocycles. The van der Waals surface area contributed by atoms with Gasteiger partial charge in [-0.15, -0.1) is 0 Å². The number of aryl methyl sites for hydroxylation is 1. The largest absolute Gasteiger partial charge is 0.497 e. The van der Waals surface area contributed by atoms with E-state index in [0.717, 1.165) is 10.2 Å². The minimum Gasteiger partial charge on any atom is -0.497 e. The summed E-state index contributed by atoms with van der Waals surface area (Å²) in [7, 11) is 1.58. The Morgan fingerprint density at radius 2 is 2.04 bits per heavy atom. The highest BCUT2D eigenvalue weighted by molar-refractivity contribution is 7.16. The van der Waals surface area contributed by atoms with E-state index in [0.29, 0.717) is 18.0 Å². The molecule has 0 saturated heterocycles. The van der Waals surface area contributed by atoms with Crippen LogP contribution in [-0.2, 0) is 11.3 Å². The normalized spacial score (nSPS) is 10.7. The molecule has 1 N–H and O–H groups in total. The highest BCUT2D eigenvalue weighted by atomic mass is 32.1. The lowest BCUT2D eigenvalue weighted by Gasteiger charge is -2.07. The van der Waals surface area contributed by atoms with Crippen LogP contribution in [0.5, 0.6) is 5.75 Å². The number of aromatic nitrogens is 1. The number of hydrogen-bond donors (Lipinski definition) is 1. The zero-order valence-corrected chi connectivity index (χ0v) is 13.4. The van der Waals surface area contributed by atoms with Gasteiger partial charge in [0.25, 0.3) is 0 Å². The van der Waals surface area contributed by atoms with Crippen molar-refractivity contribution in [2.75, 3.05) is 12.4 Å². The molecule has 118 valence electrons. The quantitative estimate of drug-likeness (QED) is 0.783. The van der Waals surface area contributed by atoms with Crippen molar-refractivity contribution in [1.82, 2.24) is 4.57 Å². The molecule has 0 unspecified atom stereocenters. The number of benzene rings is 2. The molecule has 0 atom stereocenters. The number of nitrogens with one attached hydrogen (secondary N) is 1. The van der Waals surface area contributed by atoms with E-state index in [1.54, 1.807) is 23.8 Å². The number of rotatable bonds is 5. The molecule has 0 aliphatic rings. The molecule has 2 aromatic carbocycles. The summed E-state index contributed by atoms with van der Waals surface area (Å²) in [4.78, 5) is 24.1. The van der Waals surface area contributed by atoms with Crippen molar-refractivity contribution in [1.29, 1.82) is 0 Å². The molecule has 0 radical (unpaired) electrons. The minimum absolute atomic E-state index is 0.0413. The van der Waals surface area contributed by atoms with Gasteiger partial charge in [0.2, 0.25) is 5.91 Å². The maximum Gasteiger partial charge on any atom is 0.308 e. The minimum atomic E-state index is -0.138. The van der Waals surface area contributed by atoms with Crippen molar-refractivity contribution >= 4 is 33.1 Å². The van der Waals surface area contributed by atoms with Gasteiger partial charge >= 0.3 is 4.87 Å². The van der Waals surface area contributed by atoms with Crippen LogP contribution in [0, 0.1) is 0 Å². The van der Waals surface area contributed by atoms with E-state index in [-0.39, 0.29) is 17.2 Å². The van der Waals surface area contributed by atoms with Crippen LogP contribution in [0.1, 0.15) is 6.42 Å². The number of fused-ring (bicyclic) bond motifs is 1. The Morgan fingerprint density at radius 1 is 1.22 bits per heavy atom. The third-order valence-electron chi connectivity index (χ3n) is 3.49. The van der Waals surface area contributed by atoms with E-state index < -0.39 is 0 Å². The number of ether oxygens (including phenoxy) is 1. The topological polar surface area (TPSA) is 60.3 Å². The molecule has 1 amide bonds. The Morgan fingerprint density at radius 3 is 2.87 bits per heavy atom. The maximum absolute atomic E-state index is 12.1. The van der Waals surface area contributed by atoms with Gasteiger partial charge in [-0.25, -0.2) is 0 Å². The van der Waals surface area contributed by atoms with E-state index in [1.807, 2.05) is 36.4 Å². The lowest BCUT2D eigenvalue weighted by Crippen LogP contribution is -2.19. The average Bonchev–Trinajstić information content (AvgIpc) is 2.88. The molecular weight excluding hydrogens is 312 g/mol. The molecule has 1 heterocycles. The van der Waals surface area contributed by atoms with E-state index in [1.165, 1.54) is 11.3 Å². The zero-order valence-electron chi connectivity index (χ0n) is 12.6. The van der Waals surface area contributed by atoms with Gasteiger partial charge in [0.15, 0.2) is 0 Å². The first-order valence-electron chi connectivity index (χ1n) is 7.19. The summed E-state index contributed by atoms with van der Waals surface area (Å²) in [6.45, 7) is 0.360. The fourth-order valence-electron chi connectivity index (χ4n) is 2.36. The Hall–Kier alpha value is -2.60. The summed E-state index contributed by atoms with van der Waals surface area (Å²) in [6.07, 6.45) is 0.234. The van der Waals surface area contributed by atoms with Gasteiger partial charge in [0.05, 0.1) is 17.3 Å². The average molecular weight is 328 g/mol. The Balaban J connectivity index is 1.68. The van der Waals surface area contributed by atoms with Crippen molar-refractivity contribution in [3.8, 4) is 5.75 Å². The number of hydrogen-bond acceptors (Lipinski definition) is 4. The molecule has 3 aromatic rings. The Kier molecular flexibility index (Phi) is 4.43. The number of anilines is 1. The number of nitrogens with zero attached hydrogens (tertiary/aromatic N) is 1. The summed E-state index contributed by atoms with van der Waals surface area (Å²) in [5.74, 6) is 0.545. The van der Waals surface area contributed by atoms with Crippen LogP contribution in [0.4, 0.5) is 5.69 Å². The summed E-state index contributed by atoms with van der Waals surface area (Å²) in [5, 5.41) is 2.82. The highest BCUT2D eigenvalue weighted by Crippen LogP contribution is 2.18. The molecule has 23 heavy (non-hydrogen) atoms. The molecule has 0 fully saturated rings. The molecule has 0 bridgehead atoms. The molecule has 0 aliphatic carbocycles. The summed E-state index contributed by atoms with van der Waals surface area (Å²) in [6, 6.07) is 14.8. The Labute approximate surface area is 137 Å². The number of para-hydroxylation sites is 1. The zero-order chi connectivity index (χ0) is 16.2. The number of carbonyl (C=O) groups excluding carboxylic acids is 1. The van der Waals surface area contributed by atoms with Gasteiger partial charge < -0.3 is 10.1 Å². The van der Waals surface area contributed by atoms with Crippen molar-refractivity contribution in [3.63, 3.8) is 0 Å². The number of carbonyl (C=O) groups is 1. The van der Waals surface area contributed by atoms with Gasteiger partial charge in [-0.1, -0.05) is 29.5 Å². The Bertz CT molecular complexity index is 898. The summed E-state index contributed by atoms with van der Waals surface area (Å²) >= 11 is 1.20. The van der Waals surface area contributed by atoms with Gasteiger partial charge in [0.1, 0.15) is 5.75 Å². The first-order valence-corrected chi connectivity index (χ1v) is 8.01. The monoisotopic (exact) mass is 328 g/mol. The second kappa shape index (κ2) is 6.66. The maximum atomic E-state index is 12.1. The van der Waals surface area contributed by atoms with Crippen molar-refractivity contribution in [2.24, 2.45) is 0 Å². The van der Waals surface area contributed by atoms with Gasteiger partial charge in [-0.3, -0.25) is 14.2 Å². The van der Waals surface area contributed by atoms with Crippen LogP contribution in [0.15, 0.2) is 53.3 Å². The fraction of sp³-hybridized carbons (Fsp3) is 0.176. The van der Waals surface area contributed by atoms with Crippen LogP contribution in [0.2, 0.25) is 0 Å². The van der Waals surface area contributed by atoms with Crippen LogP contribution in [0.3, 0.4) is 0 Å². The molecule has 1 aromatic heterocycles. The van der Waals surface area contributed by atoms with Gasteiger partial charge in [0, 0.05) is 24.7 Å². The second-order valence-electron chi connectivity index (χ2n) is 5.02. The fourth-order valence-corrected chi connectivity index (χ4v) is 3.28. The van der Waals surface area contributed by atoms with Gasteiger partial charge in [-0.2, -0.15) is 0 Å². The van der Waals surface area contributed by atoms with Crippen LogP contribution in [0.25, 0.3) is 10.2 Å². The predicted molar refractivity (Wildman–Crippen MR) is 92.3 cm³/mol. The number of thiazole rings is 1. The summed E-state index contributed by atoms with van der Waals surface area (Å²) < 4.78 is 7.70. The van der Waals surface area contributed by atoms with Crippen LogP contribution >= 0.6 is 11.3 Å². The second-order valence-corrected chi connectivity index (χ2v) is 6.01. The summed E-state index contributed by atoms with van der Waals surface area (Å²) in [5.41, 5.74) is 1.55. The lowest BCUT2D eigenvalue weighted by molar-refractivity contribution is -0.116. The van der Waals surface area contributed by atoms with Crippen LogP contribution in [-0.4, -0.2) is 17.6 Å². The molecule has 5 nitrogen and oxygen atoms in total. The third kappa shape index (κ3) is 3.43. The third-order valence-corrected chi connectivity index (χ3v) is 4.45. The van der Waals surface area contributed by atoms with E-state index in [2.05, 4.69) is 5.32 Å². The molecule has 0 spiro atoms. The highest BCUT2D eigenvalue weighted by Gasteiger charge is 2.09. The SMILES string of the molecule is COc1cccc(NC(=O)CCn2c(=O)sc3ccccc32)c1. The van der Waals surface area contributed by atoms with Gasteiger partial charge in [-0.05, 0) is 24.3 Å². The van der Waals surface area contributed by atoms with Crippen LogP contribution < -0.4 is 14.9 Å². The van der Waals surface area contributed by atoms with E-state index in [9.17, 15) is 9.59 Å². The van der Waals surface area contributed by atoms with Crippen molar-refractivity contribution in [3.05, 3.63) is 58.2 Å². The molecule has 6 heteroatoms. The molecular formula is C17H16N2O3S. The first kappa shape index (κ1) is 15.3. The van der Waals surface area contributed by atoms with Crippen molar-refractivity contribution < 1.29 is 9.53 Å². The van der Waals surface area contributed by atoms with E-state index >= 15 is 0 Å². The van der Waals surface area contributed by atoms with Crippen molar-refractivity contribution in [2.45, 2.75) is 13.0 Å². The standard InChI is InChI=1S/C17H16N2O3S/c1-22-13-6-4-5-12(11-13)18-16(20)9-10-19-14-7-2-3-8-15(14)23-17(19)21/h2-8,11H,9-10H2,1H3,(H,18,20). The lowest BCUT2D eigenvalue weighted by atomic mass is 10.3. The predicted octanol–water partition coefficient (Wildman–Crippen LogP) is 3.10. The first-order chi connectivity index (χ1) is 11.2. The number of methoxy groups -OCH3 is 1. The molecule has 0 saturated carbocycles. The van der Waals surface area contributed by atoms with E-state index in [4.69, 9.17) is 4.74 Å². The molecule has 3 rings (SSSR count). The smallest absolute Gasteiger partial charge is 0.308 e.